The van der Waals surface area contributed by atoms with E-state index in [0.717, 1.165) is 12.3 Å². The van der Waals surface area contributed by atoms with Gasteiger partial charge in [-0.05, 0) is 12.0 Å². The van der Waals surface area contributed by atoms with E-state index < -0.39 is 0 Å². The zero-order chi connectivity index (χ0) is 13.8. The summed E-state index contributed by atoms with van der Waals surface area (Å²) in [4.78, 5) is 17.8. The average molecular weight is 286 g/mol. The molecule has 0 aliphatic carbocycles. The molecule has 2 rings (SSSR count). The van der Waals surface area contributed by atoms with Gasteiger partial charge in [0.15, 0.2) is 0 Å². The minimum atomic E-state index is -0.297. The van der Waals surface area contributed by atoms with Crippen LogP contribution in [-0.4, -0.2) is 60.8 Å². The van der Waals surface area contributed by atoms with Crippen LogP contribution in [0.1, 0.15) is 6.92 Å². The molecule has 0 aromatic rings. The van der Waals surface area contributed by atoms with Crippen molar-refractivity contribution in [3.8, 4) is 0 Å². The summed E-state index contributed by atoms with van der Waals surface area (Å²) in [6.07, 6.45) is 3.86. The van der Waals surface area contributed by atoms with Crippen LogP contribution in [0.15, 0.2) is 17.1 Å². The summed E-state index contributed by atoms with van der Waals surface area (Å²) >= 11 is 5.58. The Bertz CT molecular complexity index is 397. The van der Waals surface area contributed by atoms with Crippen LogP contribution in [0.3, 0.4) is 0 Å². The minimum absolute atomic E-state index is 0.000319. The van der Waals surface area contributed by atoms with Gasteiger partial charge in [0.25, 0.3) is 0 Å². The summed E-state index contributed by atoms with van der Waals surface area (Å²) in [5, 5.41) is 0. The monoisotopic (exact) mass is 285 g/mol. The van der Waals surface area contributed by atoms with Crippen LogP contribution in [0.5, 0.6) is 0 Å². The van der Waals surface area contributed by atoms with Gasteiger partial charge in [0.1, 0.15) is 5.88 Å². The molecule has 5 nitrogen and oxygen atoms in total. The summed E-state index contributed by atoms with van der Waals surface area (Å²) < 4.78 is 5.67. The molecular weight excluding hydrogens is 266 g/mol. The second-order valence-electron chi connectivity index (χ2n) is 5.01. The third kappa shape index (κ3) is 3.55. The molecule has 1 amide bonds. The van der Waals surface area contributed by atoms with Crippen LogP contribution in [0, 0.1) is 5.92 Å². The number of nitrogens with two attached hydrogens (primary N) is 1. The van der Waals surface area contributed by atoms with E-state index in [2.05, 4.69) is 18.0 Å². The lowest BCUT2D eigenvalue weighted by Gasteiger charge is -2.35. The fourth-order valence-electron chi connectivity index (χ4n) is 2.24. The summed E-state index contributed by atoms with van der Waals surface area (Å²) in [7, 11) is 0. The Hall–Kier alpha value is -0.910. The van der Waals surface area contributed by atoms with Gasteiger partial charge in [-0.3, -0.25) is 9.79 Å². The SMILES string of the molecule is CC1C=CC(C(N)C2CN(C(=O)CCl)CCO2)=NC1. The van der Waals surface area contributed by atoms with Gasteiger partial charge in [-0.25, -0.2) is 0 Å². The lowest BCUT2D eigenvalue weighted by Crippen LogP contribution is -2.55. The molecule has 1 saturated heterocycles. The van der Waals surface area contributed by atoms with Crippen LogP contribution in [0.25, 0.3) is 0 Å². The molecule has 0 aromatic carbocycles. The van der Waals surface area contributed by atoms with Crippen molar-refractivity contribution in [2.24, 2.45) is 16.6 Å². The van der Waals surface area contributed by atoms with Crippen molar-refractivity contribution in [3.05, 3.63) is 12.2 Å². The van der Waals surface area contributed by atoms with Crippen molar-refractivity contribution in [2.75, 3.05) is 32.1 Å². The molecule has 0 saturated carbocycles. The molecule has 19 heavy (non-hydrogen) atoms. The van der Waals surface area contributed by atoms with Gasteiger partial charge < -0.3 is 15.4 Å². The number of dihydropyridines is 1. The quantitative estimate of drug-likeness (QED) is 0.765. The predicted molar refractivity (Wildman–Crippen MR) is 75.6 cm³/mol. The second-order valence-corrected chi connectivity index (χ2v) is 5.28. The number of ether oxygens (including phenoxy) is 1. The van der Waals surface area contributed by atoms with E-state index >= 15 is 0 Å². The van der Waals surface area contributed by atoms with E-state index in [1.807, 2.05) is 6.08 Å². The summed E-state index contributed by atoms with van der Waals surface area (Å²) in [5.41, 5.74) is 7.04. The standard InChI is InChI=1S/C13H20ClN3O2/c1-9-2-3-10(16-7-9)13(15)11-8-17(4-5-19-11)12(18)6-14/h2-3,9,11,13H,4-8,15H2,1H3. The van der Waals surface area contributed by atoms with E-state index in [9.17, 15) is 4.79 Å². The molecule has 106 valence electrons. The Labute approximate surface area is 118 Å². The minimum Gasteiger partial charge on any atom is -0.372 e. The van der Waals surface area contributed by atoms with Gasteiger partial charge in [0, 0.05) is 19.6 Å². The van der Waals surface area contributed by atoms with E-state index in [4.69, 9.17) is 22.1 Å². The van der Waals surface area contributed by atoms with Gasteiger partial charge in [-0.15, -0.1) is 11.6 Å². The zero-order valence-corrected chi connectivity index (χ0v) is 11.8. The number of morpholine rings is 1. The Balaban J connectivity index is 1.97. The third-order valence-electron chi connectivity index (χ3n) is 3.46. The smallest absolute Gasteiger partial charge is 0.237 e. The van der Waals surface area contributed by atoms with E-state index in [1.165, 1.54) is 0 Å². The number of carbonyl (C=O) groups is 1. The van der Waals surface area contributed by atoms with E-state index in [1.54, 1.807) is 4.90 Å². The van der Waals surface area contributed by atoms with Crippen LogP contribution in [-0.2, 0) is 9.53 Å². The zero-order valence-electron chi connectivity index (χ0n) is 11.1. The van der Waals surface area contributed by atoms with Crippen molar-refractivity contribution in [3.63, 3.8) is 0 Å². The first-order chi connectivity index (χ1) is 9.11. The predicted octanol–water partition coefficient (Wildman–Crippen LogP) is 0.427. The summed E-state index contributed by atoms with van der Waals surface area (Å²) in [6.45, 7) is 4.43. The fraction of sp³-hybridized carbons (Fsp3) is 0.692. The molecule has 2 aliphatic rings. The first-order valence-corrected chi connectivity index (χ1v) is 7.08. The van der Waals surface area contributed by atoms with Crippen LogP contribution >= 0.6 is 11.6 Å². The average Bonchev–Trinajstić information content (AvgIpc) is 2.46. The van der Waals surface area contributed by atoms with Crippen molar-refractivity contribution in [1.29, 1.82) is 0 Å². The number of hydrogen-bond acceptors (Lipinski definition) is 4. The van der Waals surface area contributed by atoms with E-state index in [0.29, 0.717) is 25.6 Å². The molecular formula is C13H20ClN3O2. The fourth-order valence-corrected chi connectivity index (χ4v) is 2.41. The molecule has 2 heterocycles. The van der Waals surface area contributed by atoms with Crippen molar-refractivity contribution in [2.45, 2.75) is 19.1 Å². The van der Waals surface area contributed by atoms with Gasteiger partial charge in [-0.1, -0.05) is 13.0 Å². The highest BCUT2D eigenvalue weighted by Crippen LogP contribution is 2.13. The molecule has 1 fully saturated rings. The lowest BCUT2D eigenvalue weighted by molar-refractivity contribution is -0.136. The molecule has 2 aliphatic heterocycles. The number of aliphatic imine (C=N–C) groups is 1. The molecule has 0 aromatic heterocycles. The summed E-state index contributed by atoms with van der Waals surface area (Å²) in [5.74, 6) is 0.384. The largest absolute Gasteiger partial charge is 0.372 e. The lowest BCUT2D eigenvalue weighted by atomic mass is 10.00. The number of rotatable bonds is 3. The number of alkyl halides is 1. The molecule has 0 radical (unpaired) electrons. The maximum absolute atomic E-state index is 11.6. The highest BCUT2D eigenvalue weighted by atomic mass is 35.5. The molecule has 2 N–H and O–H groups in total. The normalized spacial score (nSPS) is 29.0. The number of amides is 1. The van der Waals surface area contributed by atoms with Crippen LogP contribution in [0.2, 0.25) is 0 Å². The number of nitrogens with zero attached hydrogens (tertiary/aromatic N) is 2. The number of carbonyl (C=O) groups excluding carboxylic acids is 1. The Morgan fingerprint density at radius 1 is 1.74 bits per heavy atom. The molecule has 3 atom stereocenters. The molecule has 6 heteroatoms. The third-order valence-corrected chi connectivity index (χ3v) is 3.69. The highest BCUT2D eigenvalue weighted by Gasteiger charge is 2.30. The molecule has 0 bridgehead atoms. The number of hydrogen-bond donors (Lipinski definition) is 1. The number of halogens is 1. The van der Waals surface area contributed by atoms with Gasteiger partial charge in [0.2, 0.25) is 5.91 Å². The first kappa shape index (κ1) is 14.5. The Morgan fingerprint density at radius 3 is 3.16 bits per heavy atom. The molecule has 3 unspecified atom stereocenters. The maximum atomic E-state index is 11.6. The van der Waals surface area contributed by atoms with Crippen LogP contribution in [0.4, 0.5) is 0 Å². The van der Waals surface area contributed by atoms with Gasteiger partial charge >= 0.3 is 0 Å². The second kappa shape index (κ2) is 6.50. The topological polar surface area (TPSA) is 67.9 Å². The van der Waals surface area contributed by atoms with E-state index in [-0.39, 0.29) is 23.9 Å². The summed E-state index contributed by atoms with van der Waals surface area (Å²) in [6, 6.07) is -0.297. The van der Waals surface area contributed by atoms with Gasteiger partial charge in [0.05, 0.1) is 24.5 Å². The first-order valence-electron chi connectivity index (χ1n) is 6.55. The Morgan fingerprint density at radius 2 is 2.53 bits per heavy atom. The van der Waals surface area contributed by atoms with Crippen molar-refractivity contribution < 1.29 is 9.53 Å². The van der Waals surface area contributed by atoms with Crippen molar-refractivity contribution in [1.82, 2.24) is 4.90 Å². The highest BCUT2D eigenvalue weighted by molar-refractivity contribution is 6.27. The van der Waals surface area contributed by atoms with Crippen LogP contribution < -0.4 is 5.73 Å². The Kier molecular flexibility index (Phi) is 4.96. The van der Waals surface area contributed by atoms with Crippen molar-refractivity contribution >= 4 is 23.2 Å². The molecule has 0 spiro atoms. The van der Waals surface area contributed by atoms with Gasteiger partial charge in [-0.2, -0.15) is 0 Å². The maximum Gasteiger partial charge on any atom is 0.237 e.